The second kappa shape index (κ2) is 5.57. The Morgan fingerprint density at radius 3 is 2.62 bits per heavy atom. The van der Waals surface area contributed by atoms with Crippen molar-refractivity contribution in [3.8, 4) is 34.3 Å². The summed E-state index contributed by atoms with van der Waals surface area (Å²) in [5.74, 6) is -1.95. The maximum atomic E-state index is 13.8. The first kappa shape index (κ1) is 15.3. The number of nitrogens with zero attached hydrogens (tertiary/aromatic N) is 5. The van der Waals surface area contributed by atoms with Gasteiger partial charge >= 0.3 is 5.69 Å². The van der Waals surface area contributed by atoms with Crippen LogP contribution in [0.1, 0.15) is 0 Å². The van der Waals surface area contributed by atoms with Gasteiger partial charge in [-0.15, -0.1) is 10.2 Å². The van der Waals surface area contributed by atoms with Gasteiger partial charge < -0.3 is 14.8 Å². The van der Waals surface area contributed by atoms with E-state index in [9.17, 15) is 24.7 Å². The second-order valence-corrected chi connectivity index (χ2v) is 4.87. The largest absolute Gasteiger partial charge is 0.504 e. The summed E-state index contributed by atoms with van der Waals surface area (Å²) in [5.41, 5.74) is -0.430. The van der Waals surface area contributed by atoms with Gasteiger partial charge in [-0.2, -0.15) is 4.39 Å². The van der Waals surface area contributed by atoms with Crippen molar-refractivity contribution in [3.63, 3.8) is 0 Å². The molecular formula is C14H10FN5O4. The highest BCUT2D eigenvalue weighted by Crippen LogP contribution is 2.39. The normalized spacial score (nSPS) is 10.8. The standard InChI is InChI=1S/C14H10FN5O4/c1-19-13(7-5-9(20(23)24)11(22)10(21)6-7)17-18-14(19)8-3-2-4-16-12(8)15/h2-6,21-22H,1H3. The summed E-state index contributed by atoms with van der Waals surface area (Å²) in [6.07, 6.45) is 1.29. The lowest BCUT2D eigenvalue weighted by atomic mass is 10.1. The van der Waals surface area contributed by atoms with Crippen molar-refractivity contribution in [1.82, 2.24) is 19.7 Å². The van der Waals surface area contributed by atoms with E-state index in [4.69, 9.17) is 0 Å². The molecular weight excluding hydrogens is 321 g/mol. The number of pyridine rings is 1. The summed E-state index contributed by atoms with van der Waals surface area (Å²) in [5, 5.41) is 37.9. The molecule has 0 aliphatic heterocycles. The van der Waals surface area contributed by atoms with E-state index in [1.165, 1.54) is 29.9 Å². The van der Waals surface area contributed by atoms with E-state index in [2.05, 4.69) is 15.2 Å². The maximum absolute atomic E-state index is 13.8. The van der Waals surface area contributed by atoms with Gasteiger partial charge in [-0.1, -0.05) is 0 Å². The van der Waals surface area contributed by atoms with Crippen molar-refractivity contribution in [2.45, 2.75) is 0 Å². The Hall–Kier alpha value is -3.56. The third-order valence-corrected chi connectivity index (χ3v) is 3.40. The lowest BCUT2D eigenvalue weighted by molar-refractivity contribution is -0.385. The third-order valence-electron chi connectivity index (χ3n) is 3.40. The molecule has 2 aromatic heterocycles. The molecule has 0 fully saturated rings. The Morgan fingerprint density at radius 1 is 1.25 bits per heavy atom. The number of aromatic hydroxyl groups is 2. The summed E-state index contributed by atoms with van der Waals surface area (Å²) in [7, 11) is 1.53. The molecule has 3 aromatic rings. The molecule has 0 radical (unpaired) electrons. The fourth-order valence-corrected chi connectivity index (χ4v) is 2.24. The van der Waals surface area contributed by atoms with Crippen LogP contribution in [0.25, 0.3) is 22.8 Å². The van der Waals surface area contributed by atoms with Gasteiger partial charge in [0.1, 0.15) is 0 Å². The zero-order chi connectivity index (χ0) is 17.4. The number of aromatic nitrogens is 4. The van der Waals surface area contributed by atoms with E-state index < -0.39 is 28.1 Å². The van der Waals surface area contributed by atoms with Gasteiger partial charge in [0.05, 0.1) is 10.5 Å². The molecule has 1 aromatic carbocycles. The van der Waals surface area contributed by atoms with Gasteiger partial charge in [0.15, 0.2) is 17.4 Å². The summed E-state index contributed by atoms with van der Waals surface area (Å²) < 4.78 is 15.2. The molecule has 0 amide bonds. The van der Waals surface area contributed by atoms with Crippen molar-refractivity contribution in [2.75, 3.05) is 0 Å². The Balaban J connectivity index is 2.16. The molecule has 0 bridgehead atoms. The minimum Gasteiger partial charge on any atom is -0.504 e. The van der Waals surface area contributed by atoms with Crippen LogP contribution in [0.3, 0.4) is 0 Å². The summed E-state index contributed by atoms with van der Waals surface area (Å²) in [6.45, 7) is 0. The molecule has 9 nitrogen and oxygen atoms in total. The highest BCUT2D eigenvalue weighted by molar-refractivity contribution is 5.70. The molecule has 10 heteroatoms. The minimum atomic E-state index is -0.843. The first-order chi connectivity index (χ1) is 11.4. The molecule has 2 N–H and O–H groups in total. The van der Waals surface area contributed by atoms with Crippen molar-refractivity contribution in [1.29, 1.82) is 0 Å². The van der Waals surface area contributed by atoms with E-state index in [0.717, 1.165) is 12.1 Å². The van der Waals surface area contributed by atoms with E-state index in [-0.39, 0.29) is 22.8 Å². The average Bonchev–Trinajstić information content (AvgIpc) is 2.91. The number of hydrogen-bond acceptors (Lipinski definition) is 7. The lowest BCUT2D eigenvalue weighted by Gasteiger charge is -2.06. The quantitative estimate of drug-likeness (QED) is 0.325. The topological polar surface area (TPSA) is 127 Å². The molecule has 0 spiro atoms. The minimum absolute atomic E-state index is 0.108. The highest BCUT2D eigenvalue weighted by atomic mass is 19.1. The maximum Gasteiger partial charge on any atom is 0.315 e. The predicted molar refractivity (Wildman–Crippen MR) is 79.6 cm³/mol. The van der Waals surface area contributed by atoms with Crippen LogP contribution in [-0.2, 0) is 7.05 Å². The van der Waals surface area contributed by atoms with Crippen molar-refractivity contribution in [2.24, 2.45) is 7.05 Å². The smallest absolute Gasteiger partial charge is 0.315 e. The van der Waals surface area contributed by atoms with Crippen LogP contribution in [0.15, 0.2) is 30.5 Å². The van der Waals surface area contributed by atoms with Crippen LogP contribution < -0.4 is 0 Å². The van der Waals surface area contributed by atoms with Gasteiger partial charge in [0.25, 0.3) is 0 Å². The third kappa shape index (κ3) is 2.39. The monoisotopic (exact) mass is 331 g/mol. The fraction of sp³-hybridized carbons (Fsp3) is 0.0714. The second-order valence-electron chi connectivity index (χ2n) is 4.87. The molecule has 0 unspecified atom stereocenters. The molecule has 122 valence electrons. The number of nitro groups is 1. The first-order valence-corrected chi connectivity index (χ1v) is 6.61. The fourth-order valence-electron chi connectivity index (χ4n) is 2.24. The Bertz CT molecular complexity index is 956. The number of halogens is 1. The summed E-state index contributed by atoms with van der Waals surface area (Å²) >= 11 is 0. The Kier molecular flexibility index (Phi) is 3.56. The van der Waals surface area contributed by atoms with E-state index in [0.29, 0.717) is 0 Å². The van der Waals surface area contributed by atoms with Crippen LogP contribution in [0.4, 0.5) is 10.1 Å². The van der Waals surface area contributed by atoms with Crippen molar-refractivity contribution in [3.05, 3.63) is 46.5 Å². The van der Waals surface area contributed by atoms with Crippen molar-refractivity contribution >= 4 is 5.69 Å². The van der Waals surface area contributed by atoms with Gasteiger partial charge in [0, 0.05) is 24.9 Å². The molecule has 24 heavy (non-hydrogen) atoms. The zero-order valence-corrected chi connectivity index (χ0v) is 12.2. The molecule has 0 saturated heterocycles. The van der Waals surface area contributed by atoms with Crippen molar-refractivity contribution < 1.29 is 19.5 Å². The molecule has 0 atom stereocenters. The number of rotatable bonds is 3. The number of benzene rings is 1. The van der Waals surface area contributed by atoms with Gasteiger partial charge in [0.2, 0.25) is 11.7 Å². The number of phenolic OH excluding ortho intramolecular Hbond substituents is 2. The van der Waals surface area contributed by atoms with Gasteiger partial charge in [-0.25, -0.2) is 4.98 Å². The summed E-state index contributed by atoms with van der Waals surface area (Å²) in [6, 6.07) is 5.15. The highest BCUT2D eigenvalue weighted by Gasteiger charge is 2.23. The van der Waals surface area contributed by atoms with E-state index in [1.54, 1.807) is 0 Å². The average molecular weight is 331 g/mol. The number of phenols is 2. The molecule has 0 aliphatic rings. The molecule has 3 rings (SSSR count). The first-order valence-electron chi connectivity index (χ1n) is 6.61. The SMILES string of the molecule is Cn1c(-c2cc(O)c(O)c([N+](=O)[O-])c2)nnc1-c1cccnc1F. The predicted octanol–water partition coefficient (Wildman–Crippen LogP) is 2.00. The number of hydrogen-bond donors (Lipinski definition) is 2. The summed E-state index contributed by atoms with van der Waals surface area (Å²) in [4.78, 5) is 13.6. The van der Waals surface area contributed by atoms with Gasteiger partial charge in [-0.05, 0) is 18.2 Å². The molecule has 0 aliphatic carbocycles. The Labute approximate surface area is 133 Å². The van der Waals surface area contributed by atoms with Gasteiger partial charge in [-0.3, -0.25) is 10.1 Å². The molecule has 0 saturated carbocycles. The lowest BCUT2D eigenvalue weighted by Crippen LogP contribution is -1.99. The van der Waals surface area contributed by atoms with E-state index in [1.807, 2.05) is 0 Å². The number of nitro benzene ring substituents is 1. The van der Waals surface area contributed by atoms with Crippen LogP contribution >= 0.6 is 0 Å². The molecule has 2 heterocycles. The van der Waals surface area contributed by atoms with E-state index >= 15 is 0 Å². The van der Waals surface area contributed by atoms with Crippen LogP contribution in [0.5, 0.6) is 11.5 Å². The Morgan fingerprint density at radius 2 is 1.96 bits per heavy atom. The van der Waals surface area contributed by atoms with Crippen LogP contribution in [-0.4, -0.2) is 34.9 Å². The van der Waals surface area contributed by atoms with Crippen LogP contribution in [0.2, 0.25) is 0 Å². The zero-order valence-electron chi connectivity index (χ0n) is 12.2. The van der Waals surface area contributed by atoms with Crippen LogP contribution in [0, 0.1) is 16.1 Å².